The van der Waals surface area contributed by atoms with Crippen LogP contribution in [0.3, 0.4) is 0 Å². The van der Waals surface area contributed by atoms with Crippen molar-refractivity contribution in [1.29, 1.82) is 0 Å². The Hall–Kier alpha value is -2.41. The summed E-state index contributed by atoms with van der Waals surface area (Å²) in [5, 5.41) is 10.3. The van der Waals surface area contributed by atoms with Gasteiger partial charge in [-0.2, -0.15) is 0 Å². The predicted molar refractivity (Wildman–Crippen MR) is 102 cm³/mol. The first-order chi connectivity index (χ1) is 13.2. The molecule has 2 atom stereocenters. The third kappa shape index (κ3) is 4.13. The fourth-order valence-electron chi connectivity index (χ4n) is 3.62. The van der Waals surface area contributed by atoms with Gasteiger partial charge >= 0.3 is 5.97 Å². The Morgan fingerprint density at radius 3 is 2.52 bits per heavy atom. The van der Waals surface area contributed by atoms with Crippen molar-refractivity contribution in [2.45, 2.75) is 12.2 Å². The quantitative estimate of drug-likeness (QED) is 0.620. The van der Waals surface area contributed by atoms with Crippen molar-refractivity contribution >= 4 is 11.7 Å². The number of benzene rings is 2. The summed E-state index contributed by atoms with van der Waals surface area (Å²) in [6.45, 7) is 4.28. The Morgan fingerprint density at radius 1 is 1.04 bits per heavy atom. The molecule has 4 rings (SSSR count). The summed E-state index contributed by atoms with van der Waals surface area (Å²) in [6.07, 6.45) is -1.39. The lowest BCUT2D eigenvalue weighted by Gasteiger charge is -2.36. The number of carbonyl (C=O) groups is 1. The molecule has 6 heteroatoms. The highest BCUT2D eigenvalue weighted by molar-refractivity contribution is 5.84. The van der Waals surface area contributed by atoms with E-state index in [9.17, 15) is 9.90 Å². The fraction of sp³-hybridized carbons (Fsp3) is 0.381. The zero-order valence-corrected chi connectivity index (χ0v) is 15.2. The number of nitrogens with zero attached hydrogens (tertiary/aromatic N) is 2. The summed E-state index contributed by atoms with van der Waals surface area (Å²) in [6, 6.07) is 17.6. The maximum absolute atomic E-state index is 12.0. The Bertz CT molecular complexity index is 775. The standard InChI is InChI=1S/C21H24N2O4/c24-17(15-26-20-18-8-4-5-9-19(18)27-21(20)25)14-22-10-12-23(13-11-22)16-6-2-1-3-7-16/h1-9,17,20,24H,10-15H2. The summed E-state index contributed by atoms with van der Waals surface area (Å²) in [4.78, 5) is 16.5. The Labute approximate surface area is 158 Å². The van der Waals surface area contributed by atoms with E-state index in [-0.39, 0.29) is 6.61 Å². The van der Waals surface area contributed by atoms with Crippen molar-refractivity contribution in [1.82, 2.24) is 4.90 Å². The van der Waals surface area contributed by atoms with Crippen molar-refractivity contribution in [2.75, 3.05) is 44.2 Å². The van der Waals surface area contributed by atoms with Gasteiger partial charge in [-0.15, -0.1) is 0 Å². The molecule has 142 valence electrons. The number of esters is 1. The summed E-state index contributed by atoms with van der Waals surface area (Å²) in [5.41, 5.74) is 1.96. The second-order valence-corrected chi connectivity index (χ2v) is 6.95. The molecule has 2 heterocycles. The third-order valence-corrected chi connectivity index (χ3v) is 5.04. The van der Waals surface area contributed by atoms with Crippen molar-refractivity contribution in [2.24, 2.45) is 0 Å². The van der Waals surface area contributed by atoms with E-state index in [1.54, 1.807) is 6.07 Å². The maximum Gasteiger partial charge on any atom is 0.345 e. The SMILES string of the molecule is O=C1Oc2ccccc2C1OCC(O)CN1CCN(c2ccccc2)CC1. The number of hydrogen-bond acceptors (Lipinski definition) is 6. The highest BCUT2D eigenvalue weighted by Crippen LogP contribution is 2.35. The maximum atomic E-state index is 12.0. The van der Waals surface area contributed by atoms with E-state index in [0.29, 0.717) is 12.3 Å². The molecule has 2 aromatic rings. The highest BCUT2D eigenvalue weighted by Gasteiger charge is 2.34. The van der Waals surface area contributed by atoms with E-state index in [2.05, 4.69) is 34.1 Å². The van der Waals surface area contributed by atoms with Crippen molar-refractivity contribution in [3.8, 4) is 5.75 Å². The number of anilines is 1. The van der Waals surface area contributed by atoms with Gasteiger partial charge < -0.3 is 19.5 Å². The second kappa shape index (κ2) is 8.08. The summed E-state index contributed by atoms with van der Waals surface area (Å²) in [5.74, 6) is 0.124. The molecule has 0 bridgehead atoms. The van der Waals surface area contributed by atoms with Gasteiger partial charge in [0.2, 0.25) is 0 Å². The van der Waals surface area contributed by atoms with Gasteiger partial charge in [-0.1, -0.05) is 36.4 Å². The number of fused-ring (bicyclic) bond motifs is 1. The third-order valence-electron chi connectivity index (χ3n) is 5.04. The van der Waals surface area contributed by atoms with Gasteiger partial charge in [-0.25, -0.2) is 4.79 Å². The van der Waals surface area contributed by atoms with Crippen LogP contribution >= 0.6 is 0 Å². The van der Waals surface area contributed by atoms with Crippen LogP contribution in [0, 0.1) is 0 Å². The van der Waals surface area contributed by atoms with Crippen LogP contribution in [0.5, 0.6) is 5.75 Å². The first-order valence-corrected chi connectivity index (χ1v) is 9.33. The van der Waals surface area contributed by atoms with Gasteiger partial charge in [-0.05, 0) is 18.2 Å². The minimum Gasteiger partial charge on any atom is -0.424 e. The van der Waals surface area contributed by atoms with Crippen molar-refractivity contribution in [3.05, 3.63) is 60.2 Å². The van der Waals surface area contributed by atoms with Gasteiger partial charge in [0.25, 0.3) is 0 Å². The summed E-state index contributed by atoms with van der Waals surface area (Å²) in [7, 11) is 0. The van der Waals surface area contributed by atoms with E-state index in [0.717, 1.165) is 31.7 Å². The predicted octanol–water partition coefficient (Wildman–Crippen LogP) is 1.85. The summed E-state index contributed by atoms with van der Waals surface area (Å²) < 4.78 is 10.9. The average Bonchev–Trinajstić information content (AvgIpc) is 3.03. The molecule has 27 heavy (non-hydrogen) atoms. The Kier molecular flexibility index (Phi) is 5.38. The number of ether oxygens (including phenoxy) is 2. The monoisotopic (exact) mass is 368 g/mol. The molecule has 6 nitrogen and oxygen atoms in total. The number of para-hydroxylation sites is 2. The molecular weight excluding hydrogens is 344 g/mol. The molecule has 2 unspecified atom stereocenters. The van der Waals surface area contributed by atoms with Crippen molar-refractivity contribution in [3.63, 3.8) is 0 Å². The highest BCUT2D eigenvalue weighted by atomic mass is 16.6. The minimum atomic E-state index is -0.745. The van der Waals surface area contributed by atoms with Crippen LogP contribution in [0.4, 0.5) is 5.69 Å². The van der Waals surface area contributed by atoms with E-state index in [1.807, 2.05) is 24.3 Å². The van der Waals surface area contributed by atoms with Crippen LogP contribution in [0.15, 0.2) is 54.6 Å². The molecule has 0 saturated carbocycles. The molecule has 2 aromatic carbocycles. The first kappa shape index (κ1) is 18.0. The zero-order valence-electron chi connectivity index (χ0n) is 15.2. The van der Waals surface area contributed by atoms with Crippen LogP contribution in [-0.2, 0) is 9.53 Å². The van der Waals surface area contributed by atoms with Gasteiger partial charge in [0.15, 0.2) is 6.10 Å². The lowest BCUT2D eigenvalue weighted by Crippen LogP contribution is -2.49. The number of aliphatic hydroxyl groups excluding tert-OH is 1. The smallest absolute Gasteiger partial charge is 0.345 e. The van der Waals surface area contributed by atoms with Gasteiger partial charge in [0.1, 0.15) is 5.75 Å². The van der Waals surface area contributed by atoms with Gasteiger partial charge in [-0.3, -0.25) is 4.90 Å². The molecule has 0 amide bonds. The van der Waals surface area contributed by atoms with Crippen LogP contribution in [-0.4, -0.2) is 61.4 Å². The number of carbonyl (C=O) groups excluding carboxylic acids is 1. The molecule has 0 spiro atoms. The van der Waals surface area contributed by atoms with E-state index in [1.165, 1.54) is 5.69 Å². The number of piperazine rings is 1. The largest absolute Gasteiger partial charge is 0.424 e. The van der Waals surface area contributed by atoms with Crippen LogP contribution in [0.25, 0.3) is 0 Å². The van der Waals surface area contributed by atoms with Gasteiger partial charge in [0.05, 0.1) is 12.7 Å². The molecular formula is C21H24N2O4. The number of hydrogen-bond donors (Lipinski definition) is 1. The lowest BCUT2D eigenvalue weighted by molar-refractivity contribution is -0.146. The number of rotatable bonds is 6. The average molecular weight is 368 g/mol. The zero-order chi connectivity index (χ0) is 18.6. The molecule has 1 fully saturated rings. The summed E-state index contributed by atoms with van der Waals surface area (Å²) >= 11 is 0. The van der Waals surface area contributed by atoms with Crippen LogP contribution < -0.4 is 9.64 Å². The molecule has 1 saturated heterocycles. The number of β-amino-alcohol motifs (C(OH)–C–C–N with tert-alkyl or cyclic N) is 1. The molecule has 2 aliphatic rings. The minimum absolute atomic E-state index is 0.104. The van der Waals surface area contributed by atoms with Crippen molar-refractivity contribution < 1.29 is 19.4 Å². The van der Waals surface area contributed by atoms with E-state index in [4.69, 9.17) is 9.47 Å². The molecule has 0 aliphatic carbocycles. The normalized spacial score (nSPS) is 21.0. The number of aliphatic hydroxyl groups is 1. The fourth-order valence-corrected chi connectivity index (χ4v) is 3.62. The lowest BCUT2D eigenvalue weighted by atomic mass is 10.1. The second-order valence-electron chi connectivity index (χ2n) is 6.95. The molecule has 1 N–H and O–H groups in total. The van der Waals surface area contributed by atoms with E-state index >= 15 is 0 Å². The Balaban J connectivity index is 1.24. The molecule has 2 aliphatic heterocycles. The Morgan fingerprint density at radius 2 is 1.74 bits per heavy atom. The van der Waals surface area contributed by atoms with Crippen LogP contribution in [0.1, 0.15) is 11.7 Å². The van der Waals surface area contributed by atoms with E-state index < -0.39 is 18.2 Å². The first-order valence-electron chi connectivity index (χ1n) is 9.33. The van der Waals surface area contributed by atoms with Gasteiger partial charge in [0, 0.05) is 44.0 Å². The van der Waals surface area contributed by atoms with Crippen LogP contribution in [0.2, 0.25) is 0 Å². The topological polar surface area (TPSA) is 62.2 Å². The molecule has 0 radical (unpaired) electrons. The molecule has 0 aromatic heterocycles.